The molecule has 1 saturated heterocycles. The molecular weight excluding hydrogens is 348 g/mol. The molecule has 0 atom stereocenters. The van der Waals surface area contributed by atoms with E-state index in [1.165, 1.54) is 5.56 Å². The van der Waals surface area contributed by atoms with E-state index >= 15 is 0 Å². The van der Waals surface area contributed by atoms with E-state index < -0.39 is 10.0 Å². The summed E-state index contributed by atoms with van der Waals surface area (Å²) in [5.41, 5.74) is 4.23. The van der Waals surface area contributed by atoms with Crippen molar-refractivity contribution < 1.29 is 13.2 Å². The van der Waals surface area contributed by atoms with Crippen molar-refractivity contribution in [2.24, 2.45) is 0 Å². The Balaban J connectivity index is 1.59. The van der Waals surface area contributed by atoms with Gasteiger partial charge in [0.25, 0.3) is 0 Å². The Morgan fingerprint density at radius 3 is 2.27 bits per heavy atom. The van der Waals surface area contributed by atoms with Crippen molar-refractivity contribution >= 4 is 10.0 Å². The molecular formula is C20H26N2O3S. The highest BCUT2D eigenvalue weighted by Gasteiger charge is 2.14. The first-order chi connectivity index (χ1) is 12.4. The van der Waals surface area contributed by atoms with E-state index in [0.29, 0.717) is 4.90 Å². The van der Waals surface area contributed by atoms with E-state index in [-0.39, 0.29) is 6.54 Å². The van der Waals surface area contributed by atoms with Crippen LogP contribution in [0.15, 0.2) is 47.4 Å². The Morgan fingerprint density at radius 2 is 1.62 bits per heavy atom. The van der Waals surface area contributed by atoms with Crippen LogP contribution in [0.3, 0.4) is 0 Å². The largest absolute Gasteiger partial charge is 0.379 e. The van der Waals surface area contributed by atoms with Crippen molar-refractivity contribution in [2.75, 3.05) is 26.3 Å². The third-order valence-electron chi connectivity index (χ3n) is 4.79. The molecule has 2 aromatic rings. The van der Waals surface area contributed by atoms with Crippen LogP contribution in [0.25, 0.3) is 0 Å². The van der Waals surface area contributed by atoms with Gasteiger partial charge in [0.2, 0.25) is 10.0 Å². The van der Waals surface area contributed by atoms with Crippen LogP contribution in [0.2, 0.25) is 0 Å². The van der Waals surface area contributed by atoms with Crippen molar-refractivity contribution in [3.8, 4) is 0 Å². The summed E-state index contributed by atoms with van der Waals surface area (Å²) in [6, 6.07) is 13.3. The molecule has 0 aromatic heterocycles. The number of rotatable bonds is 6. The minimum Gasteiger partial charge on any atom is -0.379 e. The van der Waals surface area contributed by atoms with Gasteiger partial charge in [0.1, 0.15) is 0 Å². The third kappa shape index (κ3) is 4.92. The number of nitrogens with one attached hydrogen (secondary N) is 1. The van der Waals surface area contributed by atoms with Gasteiger partial charge in [-0.1, -0.05) is 30.3 Å². The normalized spacial score (nSPS) is 15.9. The molecule has 0 unspecified atom stereocenters. The van der Waals surface area contributed by atoms with Gasteiger partial charge in [-0.3, -0.25) is 4.90 Å². The maximum absolute atomic E-state index is 12.5. The second-order valence-electron chi connectivity index (χ2n) is 6.78. The van der Waals surface area contributed by atoms with Crippen molar-refractivity contribution in [1.29, 1.82) is 0 Å². The molecule has 5 nitrogen and oxygen atoms in total. The maximum atomic E-state index is 12.5. The highest BCUT2D eigenvalue weighted by molar-refractivity contribution is 7.89. The van der Waals surface area contributed by atoms with Gasteiger partial charge >= 0.3 is 0 Å². The lowest BCUT2D eigenvalue weighted by atomic mass is 10.1. The standard InChI is InChI=1S/C20H26N2O3S/c1-16-3-8-20(13-17(16)2)26(23,24)21-14-18-4-6-19(7-5-18)15-22-9-11-25-12-10-22/h3-8,13,21H,9-12,14-15H2,1-2H3. The summed E-state index contributed by atoms with van der Waals surface area (Å²) in [4.78, 5) is 2.67. The first-order valence-corrected chi connectivity index (χ1v) is 10.4. The lowest BCUT2D eigenvalue weighted by molar-refractivity contribution is 0.0342. The molecule has 3 rings (SSSR count). The molecule has 0 amide bonds. The summed E-state index contributed by atoms with van der Waals surface area (Å²) in [6.07, 6.45) is 0. The maximum Gasteiger partial charge on any atom is 0.240 e. The minimum atomic E-state index is -3.50. The molecule has 6 heteroatoms. The Labute approximate surface area is 156 Å². The average Bonchev–Trinajstić information content (AvgIpc) is 2.64. The van der Waals surface area contributed by atoms with Gasteiger partial charge in [-0.15, -0.1) is 0 Å². The van der Waals surface area contributed by atoms with Crippen LogP contribution in [-0.4, -0.2) is 39.6 Å². The van der Waals surface area contributed by atoms with Crippen molar-refractivity contribution in [2.45, 2.75) is 31.8 Å². The molecule has 26 heavy (non-hydrogen) atoms. The van der Waals surface area contributed by atoms with E-state index in [2.05, 4.69) is 21.8 Å². The van der Waals surface area contributed by atoms with Gasteiger partial charge < -0.3 is 4.74 Å². The number of nitrogens with zero attached hydrogens (tertiary/aromatic N) is 1. The van der Waals surface area contributed by atoms with Gasteiger partial charge in [-0.25, -0.2) is 13.1 Å². The predicted molar refractivity (Wildman–Crippen MR) is 102 cm³/mol. The van der Waals surface area contributed by atoms with Gasteiger partial charge in [-0.2, -0.15) is 0 Å². The van der Waals surface area contributed by atoms with Gasteiger partial charge in [0.05, 0.1) is 18.1 Å². The van der Waals surface area contributed by atoms with Crippen LogP contribution in [0.1, 0.15) is 22.3 Å². The Hall–Kier alpha value is -1.73. The molecule has 0 saturated carbocycles. The molecule has 1 N–H and O–H groups in total. The topological polar surface area (TPSA) is 58.6 Å². The molecule has 1 fully saturated rings. The number of hydrogen-bond donors (Lipinski definition) is 1. The first-order valence-electron chi connectivity index (χ1n) is 8.89. The van der Waals surface area contributed by atoms with Gasteiger partial charge in [0, 0.05) is 26.2 Å². The van der Waals surface area contributed by atoms with Crippen LogP contribution >= 0.6 is 0 Å². The first kappa shape index (κ1) is 19.0. The SMILES string of the molecule is Cc1ccc(S(=O)(=O)NCc2ccc(CN3CCOCC3)cc2)cc1C. The third-order valence-corrected chi connectivity index (χ3v) is 6.19. The van der Waals surface area contributed by atoms with Crippen LogP contribution in [0.5, 0.6) is 0 Å². The Kier molecular flexibility index (Phi) is 6.09. The summed E-state index contributed by atoms with van der Waals surface area (Å²) in [7, 11) is -3.50. The number of ether oxygens (including phenoxy) is 1. The van der Waals surface area contributed by atoms with Crippen molar-refractivity contribution in [3.63, 3.8) is 0 Å². The van der Waals surface area contributed by atoms with Crippen molar-refractivity contribution in [1.82, 2.24) is 9.62 Å². The quantitative estimate of drug-likeness (QED) is 0.844. The molecule has 2 aromatic carbocycles. The fourth-order valence-electron chi connectivity index (χ4n) is 2.92. The number of sulfonamides is 1. The zero-order valence-corrected chi connectivity index (χ0v) is 16.2. The van der Waals surface area contributed by atoms with Crippen LogP contribution < -0.4 is 4.72 Å². The number of benzene rings is 2. The number of hydrogen-bond acceptors (Lipinski definition) is 4. The summed E-state index contributed by atoms with van der Waals surface area (Å²) >= 11 is 0. The highest BCUT2D eigenvalue weighted by atomic mass is 32.2. The van der Waals surface area contributed by atoms with E-state index in [0.717, 1.165) is 49.5 Å². The zero-order valence-electron chi connectivity index (χ0n) is 15.4. The summed E-state index contributed by atoms with van der Waals surface area (Å²) < 4.78 is 33.0. The monoisotopic (exact) mass is 374 g/mol. The Bertz CT molecular complexity index is 842. The Morgan fingerprint density at radius 1 is 0.962 bits per heavy atom. The van der Waals surface area contributed by atoms with E-state index in [1.807, 2.05) is 32.0 Å². The van der Waals surface area contributed by atoms with E-state index in [1.54, 1.807) is 12.1 Å². The smallest absolute Gasteiger partial charge is 0.240 e. The summed E-state index contributed by atoms with van der Waals surface area (Å²) in [5.74, 6) is 0. The lowest BCUT2D eigenvalue weighted by Gasteiger charge is -2.26. The van der Waals surface area contributed by atoms with E-state index in [9.17, 15) is 8.42 Å². The van der Waals surface area contributed by atoms with Gasteiger partial charge in [-0.05, 0) is 48.2 Å². The number of aryl methyl sites for hydroxylation is 2. The second kappa shape index (κ2) is 8.31. The second-order valence-corrected chi connectivity index (χ2v) is 8.54. The summed E-state index contributed by atoms with van der Waals surface area (Å²) in [5, 5.41) is 0. The van der Waals surface area contributed by atoms with Crippen LogP contribution in [-0.2, 0) is 27.8 Å². The highest BCUT2D eigenvalue weighted by Crippen LogP contribution is 2.15. The predicted octanol–water partition coefficient (Wildman–Crippen LogP) is 2.61. The summed E-state index contributed by atoms with van der Waals surface area (Å²) in [6.45, 7) is 8.57. The van der Waals surface area contributed by atoms with Crippen LogP contribution in [0, 0.1) is 13.8 Å². The molecule has 0 radical (unpaired) electrons. The molecule has 0 bridgehead atoms. The molecule has 1 aliphatic rings. The molecule has 1 heterocycles. The van der Waals surface area contributed by atoms with Crippen molar-refractivity contribution in [3.05, 3.63) is 64.7 Å². The molecule has 1 aliphatic heterocycles. The molecule has 0 aliphatic carbocycles. The van der Waals surface area contributed by atoms with Crippen LogP contribution in [0.4, 0.5) is 0 Å². The minimum absolute atomic E-state index is 0.285. The van der Waals surface area contributed by atoms with E-state index in [4.69, 9.17) is 4.74 Å². The lowest BCUT2D eigenvalue weighted by Crippen LogP contribution is -2.35. The zero-order chi connectivity index (χ0) is 18.6. The fourth-order valence-corrected chi connectivity index (χ4v) is 4.03. The van der Waals surface area contributed by atoms with Gasteiger partial charge in [0.15, 0.2) is 0 Å². The average molecular weight is 375 g/mol. The molecule has 0 spiro atoms. The fraction of sp³-hybridized carbons (Fsp3) is 0.400. The molecule has 140 valence electrons. The number of morpholine rings is 1.